The van der Waals surface area contributed by atoms with Gasteiger partial charge in [-0.05, 0) is 98.4 Å². The number of hydrogen-bond acceptors (Lipinski definition) is 14. The summed E-state index contributed by atoms with van der Waals surface area (Å²) in [5, 5.41) is 12.0. The molecular formula is C58H60Cl2F2N12O7. The van der Waals surface area contributed by atoms with Crippen LogP contribution in [0.4, 0.5) is 20.4 Å². The lowest BCUT2D eigenvalue weighted by molar-refractivity contribution is -0.141. The van der Waals surface area contributed by atoms with Crippen LogP contribution in [0.5, 0.6) is 11.5 Å². The molecule has 0 spiro atoms. The predicted octanol–water partition coefficient (Wildman–Crippen LogP) is 10.4. The molecule has 2 aromatic carbocycles. The molecule has 2 fully saturated rings. The van der Waals surface area contributed by atoms with E-state index in [4.69, 9.17) is 54.1 Å². The molecule has 7 heterocycles. The summed E-state index contributed by atoms with van der Waals surface area (Å²) < 4.78 is 47.6. The number of hydrogen-bond donors (Lipinski definition) is 4. The summed E-state index contributed by atoms with van der Waals surface area (Å²) in [6, 6.07) is 8.29. The second-order valence-corrected chi connectivity index (χ2v) is 21.6. The number of nitrogen functional groups attached to an aromatic ring is 2. The maximum atomic E-state index is 15.8. The number of aromatic nitrogens is 8. The highest BCUT2D eigenvalue weighted by Gasteiger charge is 2.49. The van der Waals surface area contributed by atoms with E-state index in [0.717, 1.165) is 0 Å². The Balaban J connectivity index is 0.000000196. The molecule has 1 saturated heterocycles. The molecule has 3 atom stereocenters. The number of anilines is 2. The van der Waals surface area contributed by atoms with Crippen LogP contribution in [0.25, 0.3) is 33.3 Å². The van der Waals surface area contributed by atoms with Crippen LogP contribution in [-0.2, 0) is 9.59 Å². The topological polar surface area (TPSA) is 260 Å². The number of carboxylic acids is 1. The van der Waals surface area contributed by atoms with Crippen molar-refractivity contribution >= 4 is 69.4 Å². The molecule has 1 aliphatic carbocycles. The number of rotatable bonds is 15. The summed E-state index contributed by atoms with van der Waals surface area (Å²) in [6.45, 7) is 16.7. The number of carbonyl (C=O) groups is 4. The number of nitrogens with two attached hydrogens (primary N) is 2. The Bertz CT molecular complexity index is 3790. The maximum Gasteiger partial charge on any atom is 0.326 e. The van der Waals surface area contributed by atoms with Crippen LogP contribution in [0.1, 0.15) is 141 Å². The third-order valence-electron chi connectivity index (χ3n) is 14.5. The summed E-state index contributed by atoms with van der Waals surface area (Å²) in [4.78, 5) is 76.9. The molecule has 81 heavy (non-hydrogen) atoms. The van der Waals surface area contributed by atoms with Gasteiger partial charge in [0.1, 0.15) is 63.2 Å². The molecule has 0 radical (unpaired) electrons. The van der Waals surface area contributed by atoms with Crippen molar-refractivity contribution in [2.75, 3.05) is 18.0 Å². The molecule has 19 nitrogen and oxygen atoms in total. The number of aryl methyl sites for hydroxylation is 2. The smallest absolute Gasteiger partial charge is 0.326 e. The molecule has 6 aromatic heterocycles. The van der Waals surface area contributed by atoms with Crippen LogP contribution in [0.3, 0.4) is 0 Å². The fourth-order valence-corrected chi connectivity index (χ4v) is 10.7. The number of ketones is 1. The van der Waals surface area contributed by atoms with Crippen molar-refractivity contribution in [2.45, 2.75) is 124 Å². The van der Waals surface area contributed by atoms with Crippen molar-refractivity contribution in [2.24, 2.45) is 0 Å². The summed E-state index contributed by atoms with van der Waals surface area (Å²) in [5.74, 6) is -1.66. The van der Waals surface area contributed by atoms with E-state index in [-0.39, 0.29) is 62.2 Å². The average Bonchev–Trinajstić information content (AvgIpc) is 4.01. The van der Waals surface area contributed by atoms with E-state index < -0.39 is 46.9 Å². The maximum absolute atomic E-state index is 15.8. The number of likely N-dealkylation sites (tertiary alicyclic amines) is 1. The molecule has 0 unspecified atom stereocenters. The minimum Gasteiger partial charge on any atom is -0.490 e. The van der Waals surface area contributed by atoms with Crippen LogP contribution in [0.15, 0.2) is 73.6 Å². The number of ether oxygens (including phenoxy) is 2. The number of halogens is 4. The highest BCUT2D eigenvalue weighted by Crippen LogP contribution is 2.46. The van der Waals surface area contributed by atoms with Crippen LogP contribution < -0.4 is 26.3 Å². The fourth-order valence-electron chi connectivity index (χ4n) is 10.3. The third kappa shape index (κ3) is 11.0. The second-order valence-electron chi connectivity index (χ2n) is 20.8. The Hall–Kier alpha value is -8.30. The molecular weight excluding hydrogens is 1090 g/mol. The van der Waals surface area contributed by atoms with Crippen LogP contribution in [0, 0.1) is 25.5 Å². The van der Waals surface area contributed by atoms with Gasteiger partial charge in [0.25, 0.3) is 11.8 Å². The molecule has 2 aliphatic rings. The SMILES string of the molecule is CC(=O)C1(NC(=O)c2ccc(-c3c(F)c(Cl)cc([C@H](C)c4nc(C)c5c(N)nccn45)c3OC(C)C)cn2)CC1.Cc1nc([C@@H](C)c2cc(Cl)c(F)c(-c3ccc(C(=O)N4CCC[C@@H]4C(=O)O)nc3)c2OC(C)C)n2ccnc(N)c12. The van der Waals surface area contributed by atoms with E-state index in [0.29, 0.717) is 106 Å². The summed E-state index contributed by atoms with van der Waals surface area (Å²) in [7, 11) is 0. The lowest BCUT2D eigenvalue weighted by Gasteiger charge is -2.23. The predicted molar refractivity (Wildman–Crippen MR) is 302 cm³/mol. The number of Topliss-reactive ketones (excluding diaryl/α,β-unsaturated/α-hetero) is 1. The molecule has 23 heteroatoms. The highest BCUT2D eigenvalue weighted by molar-refractivity contribution is 6.31. The number of nitrogens with zero attached hydrogens (tertiary/aromatic N) is 9. The standard InChI is InChI=1S/C29H30ClFN6O4.C29H30ClFN6O3/c1-14(2)41-25-18(15(3)27-35-16(4)24-26(32)33-9-11-37(24)27)12-19(30)23(31)22(25)17-7-8-20(34-13-17)28(38)36-10-5-6-21(36)29(39)40;1-14(2)40-25-19(15(3)27-35-16(4)24-26(32)33-10-11-37(24)27)12-20(30)23(31)22(25)18-6-7-21(34-13-18)28(39)36-29(8-9-29)17(5)38/h7-9,11-15,21H,5-6,10H2,1-4H3,(H2,32,33)(H,39,40);6-7,10-15H,8-9H2,1-5H3,(H2,32,33)(H,36,39)/t15-,21+;15-/m00/s1. The first kappa shape index (κ1) is 57.4. The first-order valence-corrected chi connectivity index (χ1v) is 27.0. The zero-order chi connectivity index (χ0) is 58.5. The van der Waals surface area contributed by atoms with Crippen molar-refractivity contribution in [3.05, 3.63) is 141 Å². The largest absolute Gasteiger partial charge is 0.490 e. The molecule has 1 saturated carbocycles. The molecule has 1 aliphatic heterocycles. The van der Waals surface area contributed by atoms with E-state index in [1.165, 1.54) is 42.4 Å². The van der Waals surface area contributed by atoms with Gasteiger partial charge in [-0.3, -0.25) is 33.2 Å². The molecule has 2 amide bonds. The molecule has 8 aromatic rings. The van der Waals surface area contributed by atoms with Crippen LogP contribution in [-0.4, -0.2) is 103 Å². The van der Waals surface area contributed by atoms with E-state index in [1.54, 1.807) is 43.0 Å². The minimum atomic E-state index is -1.05. The van der Waals surface area contributed by atoms with Gasteiger partial charge in [0.15, 0.2) is 17.4 Å². The fraction of sp³-hybridized carbons (Fsp3) is 0.345. The van der Waals surface area contributed by atoms with Crippen molar-refractivity contribution in [3.63, 3.8) is 0 Å². The van der Waals surface area contributed by atoms with Gasteiger partial charge >= 0.3 is 5.97 Å². The molecule has 6 N–H and O–H groups in total. The quantitative estimate of drug-likeness (QED) is 0.0744. The normalized spacial score (nSPS) is 15.4. The number of aliphatic carboxylic acids is 1. The molecule has 10 rings (SSSR count). The highest BCUT2D eigenvalue weighted by atomic mass is 35.5. The van der Waals surface area contributed by atoms with Crippen molar-refractivity contribution in [1.29, 1.82) is 0 Å². The van der Waals surface area contributed by atoms with Crippen molar-refractivity contribution in [1.82, 2.24) is 48.9 Å². The summed E-state index contributed by atoms with van der Waals surface area (Å²) >= 11 is 12.9. The van der Waals surface area contributed by atoms with E-state index in [9.17, 15) is 24.3 Å². The van der Waals surface area contributed by atoms with E-state index >= 15 is 8.78 Å². The number of imidazole rings is 2. The third-order valence-corrected chi connectivity index (χ3v) is 15.1. The van der Waals surface area contributed by atoms with Gasteiger partial charge < -0.3 is 36.3 Å². The first-order valence-electron chi connectivity index (χ1n) is 26.3. The monoisotopic (exact) mass is 1140 g/mol. The van der Waals surface area contributed by atoms with E-state index in [1.807, 2.05) is 64.2 Å². The Morgan fingerprint density at radius 1 is 0.728 bits per heavy atom. The van der Waals surface area contributed by atoms with Crippen LogP contribution in [0.2, 0.25) is 10.0 Å². The number of carbonyl (C=O) groups excluding carboxylic acids is 3. The van der Waals surface area contributed by atoms with Gasteiger partial charge in [0.2, 0.25) is 0 Å². The molecule has 422 valence electrons. The zero-order valence-corrected chi connectivity index (χ0v) is 47.5. The first-order chi connectivity index (χ1) is 38.4. The lowest BCUT2D eigenvalue weighted by atomic mass is 9.93. The number of carboxylic acid groups (broad SMARTS) is 1. The van der Waals surface area contributed by atoms with Gasteiger partial charge in [-0.15, -0.1) is 0 Å². The Labute approximate surface area is 475 Å². The lowest BCUT2D eigenvalue weighted by Crippen LogP contribution is -2.42. The number of benzene rings is 2. The molecule has 0 bridgehead atoms. The summed E-state index contributed by atoms with van der Waals surface area (Å²) in [6.07, 6.45) is 11.1. The van der Waals surface area contributed by atoms with Gasteiger partial charge in [0, 0.05) is 77.8 Å². The number of fused-ring (bicyclic) bond motifs is 2. The Morgan fingerprint density at radius 2 is 1.19 bits per heavy atom. The van der Waals surface area contributed by atoms with Gasteiger partial charge in [-0.25, -0.2) is 33.5 Å². The van der Waals surface area contributed by atoms with Gasteiger partial charge in [0.05, 0.1) is 50.3 Å². The number of nitrogens with one attached hydrogen (secondary N) is 1. The Kier molecular flexibility index (Phi) is 16.1. The summed E-state index contributed by atoms with van der Waals surface area (Å²) in [5.41, 5.74) is 16.6. The number of amides is 2. The second kappa shape index (κ2) is 22.7. The van der Waals surface area contributed by atoms with Gasteiger partial charge in [-0.1, -0.05) is 49.2 Å². The number of pyridine rings is 2. The van der Waals surface area contributed by atoms with E-state index in [2.05, 4.69) is 25.3 Å². The van der Waals surface area contributed by atoms with Crippen molar-refractivity contribution < 1.29 is 42.5 Å². The average molecular weight is 1150 g/mol. The van der Waals surface area contributed by atoms with Gasteiger partial charge in [-0.2, -0.15) is 0 Å². The zero-order valence-electron chi connectivity index (χ0n) is 45.9. The van der Waals surface area contributed by atoms with Crippen LogP contribution >= 0.6 is 23.2 Å². The minimum absolute atomic E-state index is 0.0646. The Morgan fingerprint density at radius 3 is 1.58 bits per heavy atom. The van der Waals surface area contributed by atoms with Crippen molar-refractivity contribution in [3.8, 4) is 33.8 Å².